The molecule has 3 aromatic rings. The third-order valence-electron chi connectivity index (χ3n) is 7.68. The van der Waals surface area contributed by atoms with Gasteiger partial charge < -0.3 is 20.1 Å². The minimum atomic E-state index is -4.75. The van der Waals surface area contributed by atoms with Gasteiger partial charge in [-0.05, 0) is 64.4 Å². The normalized spacial score (nSPS) is 19.6. The molecule has 2 saturated heterocycles. The second-order valence-corrected chi connectivity index (χ2v) is 13.0. The Labute approximate surface area is 242 Å². The monoisotopic (exact) mass is 610 g/mol. The molecule has 0 unspecified atom stereocenters. The van der Waals surface area contributed by atoms with E-state index in [2.05, 4.69) is 30.5 Å². The number of aryl methyl sites for hydroxylation is 1. The smallest absolute Gasteiger partial charge is 0.381 e. The van der Waals surface area contributed by atoms with Gasteiger partial charge in [0, 0.05) is 49.8 Å². The maximum absolute atomic E-state index is 15.3. The number of halogens is 4. The first-order chi connectivity index (χ1) is 19.8. The van der Waals surface area contributed by atoms with E-state index in [1.165, 1.54) is 21.1 Å². The quantitative estimate of drug-likeness (QED) is 0.385. The molecule has 0 bridgehead atoms. The molecule has 4 heterocycles. The van der Waals surface area contributed by atoms with Gasteiger partial charge in [0.2, 0.25) is 16.0 Å². The van der Waals surface area contributed by atoms with E-state index in [-0.39, 0.29) is 48.3 Å². The van der Waals surface area contributed by atoms with Crippen molar-refractivity contribution in [3.63, 3.8) is 0 Å². The molecule has 0 radical (unpaired) electrons. The van der Waals surface area contributed by atoms with E-state index in [9.17, 15) is 21.6 Å². The Kier molecular flexibility index (Phi) is 8.45. The fourth-order valence-electron chi connectivity index (χ4n) is 5.51. The molecule has 1 aromatic carbocycles. The van der Waals surface area contributed by atoms with Crippen LogP contribution in [0.3, 0.4) is 0 Å². The van der Waals surface area contributed by atoms with E-state index in [0.29, 0.717) is 24.7 Å². The van der Waals surface area contributed by atoms with Crippen molar-refractivity contribution in [2.24, 2.45) is 0 Å². The summed E-state index contributed by atoms with van der Waals surface area (Å²) in [5.41, 5.74) is -0.805. The number of likely N-dealkylation sites (tertiary alicyclic amines) is 1. The van der Waals surface area contributed by atoms with Crippen LogP contribution < -0.4 is 10.6 Å². The molecule has 0 saturated carbocycles. The molecule has 2 aromatic heterocycles. The summed E-state index contributed by atoms with van der Waals surface area (Å²) in [6.07, 6.45) is 1.35. The topological polar surface area (TPSA) is 108 Å². The Hall–Kier alpha value is -3.30. The lowest BCUT2D eigenvalue weighted by molar-refractivity contribution is -0.137. The molecule has 42 heavy (non-hydrogen) atoms. The van der Waals surface area contributed by atoms with E-state index >= 15 is 4.39 Å². The molecule has 2 fully saturated rings. The fraction of sp³-hybridized carbons (Fsp3) is 0.519. The largest absolute Gasteiger partial charge is 0.420 e. The Balaban J connectivity index is 1.39. The number of benzene rings is 1. The van der Waals surface area contributed by atoms with E-state index in [1.807, 2.05) is 7.05 Å². The second-order valence-electron chi connectivity index (χ2n) is 11.0. The average Bonchev–Trinajstić information content (AvgIpc) is 3.29. The number of likely N-dealkylation sites (N-methyl/N-ethyl adjacent to an activating group) is 1. The molecule has 2 aliphatic rings. The highest BCUT2D eigenvalue weighted by molar-refractivity contribution is 7.88. The number of imidazole rings is 1. The van der Waals surface area contributed by atoms with Gasteiger partial charge in [-0.1, -0.05) is 0 Å². The lowest BCUT2D eigenvalue weighted by atomic mass is 10.1. The van der Waals surface area contributed by atoms with Crippen molar-refractivity contribution in [2.45, 2.75) is 50.9 Å². The summed E-state index contributed by atoms with van der Waals surface area (Å²) < 4.78 is 83.5. The van der Waals surface area contributed by atoms with Crippen LogP contribution >= 0.6 is 0 Å². The first kappa shape index (κ1) is 30.2. The highest BCUT2D eigenvalue weighted by Crippen LogP contribution is 2.36. The number of hydrogen-bond donors (Lipinski definition) is 2. The molecule has 15 heteroatoms. The number of anilines is 2. The standard InChI is InChI=1S/C27H34F4N8O2S/c1-17-33-23(16-39(17)24-7-6-19(13-22(24)28)34-20-5-4-10-37(2)15-20)25-21(27(29,30)31)14-32-26(36-25)35-18-8-11-38(12-9-18)42(3,40)41/h6-7,13-14,16,18,20,34H,4-5,8-12,15H2,1-3H3,(H,32,35,36)/t20-/m1/s1. The molecular formula is C27H34F4N8O2S. The van der Waals surface area contributed by atoms with Gasteiger partial charge in [-0.2, -0.15) is 13.2 Å². The first-order valence-electron chi connectivity index (χ1n) is 13.7. The van der Waals surface area contributed by atoms with Crippen molar-refractivity contribution in [1.29, 1.82) is 0 Å². The van der Waals surface area contributed by atoms with Crippen LogP contribution in [0.2, 0.25) is 0 Å². The zero-order chi connectivity index (χ0) is 30.2. The Morgan fingerprint density at radius 3 is 2.40 bits per heavy atom. The van der Waals surface area contributed by atoms with E-state index in [4.69, 9.17) is 0 Å². The molecule has 5 rings (SSSR count). The minimum absolute atomic E-state index is 0.0297. The second kappa shape index (κ2) is 11.8. The highest BCUT2D eigenvalue weighted by atomic mass is 32.2. The van der Waals surface area contributed by atoms with Gasteiger partial charge in [-0.15, -0.1) is 0 Å². The van der Waals surface area contributed by atoms with Crippen LogP contribution in [0.1, 0.15) is 37.1 Å². The third kappa shape index (κ3) is 6.84. The van der Waals surface area contributed by atoms with Crippen molar-refractivity contribution < 1.29 is 26.0 Å². The Morgan fingerprint density at radius 2 is 1.76 bits per heavy atom. The minimum Gasteiger partial charge on any atom is -0.381 e. The van der Waals surface area contributed by atoms with Gasteiger partial charge >= 0.3 is 6.18 Å². The molecule has 10 nitrogen and oxygen atoms in total. The summed E-state index contributed by atoms with van der Waals surface area (Å²) in [5, 5.41) is 6.39. The van der Waals surface area contributed by atoms with Gasteiger partial charge in [-0.3, -0.25) is 0 Å². The number of sulfonamides is 1. The van der Waals surface area contributed by atoms with Crippen LogP contribution in [-0.4, -0.2) is 88.7 Å². The number of nitrogens with one attached hydrogen (secondary N) is 2. The zero-order valence-electron chi connectivity index (χ0n) is 23.6. The summed E-state index contributed by atoms with van der Waals surface area (Å²) in [6, 6.07) is 4.68. The van der Waals surface area contributed by atoms with Crippen molar-refractivity contribution in [3.05, 3.63) is 47.8 Å². The van der Waals surface area contributed by atoms with Gasteiger partial charge in [-0.25, -0.2) is 32.1 Å². The molecular weight excluding hydrogens is 576 g/mol. The molecule has 1 atom stereocenters. The predicted octanol–water partition coefficient (Wildman–Crippen LogP) is 4.14. The molecule has 2 aliphatic heterocycles. The van der Waals surface area contributed by atoms with Crippen LogP contribution in [0.25, 0.3) is 17.1 Å². The molecule has 0 aliphatic carbocycles. The maximum Gasteiger partial charge on any atom is 0.420 e. The number of rotatable bonds is 7. The summed E-state index contributed by atoms with van der Waals surface area (Å²) >= 11 is 0. The van der Waals surface area contributed by atoms with Gasteiger partial charge in [0.1, 0.15) is 28.6 Å². The molecule has 228 valence electrons. The van der Waals surface area contributed by atoms with E-state index in [1.54, 1.807) is 19.1 Å². The van der Waals surface area contributed by atoms with E-state index < -0.39 is 33.3 Å². The van der Waals surface area contributed by atoms with Crippen LogP contribution in [0.4, 0.5) is 29.2 Å². The maximum atomic E-state index is 15.3. The van der Waals surface area contributed by atoms with Crippen molar-refractivity contribution in [3.8, 4) is 17.1 Å². The molecule has 0 amide bonds. The number of piperidine rings is 2. The summed E-state index contributed by atoms with van der Waals surface area (Å²) in [7, 11) is -1.28. The Morgan fingerprint density at radius 1 is 1.02 bits per heavy atom. The zero-order valence-corrected chi connectivity index (χ0v) is 24.4. The van der Waals surface area contributed by atoms with Crippen LogP contribution in [0.15, 0.2) is 30.6 Å². The van der Waals surface area contributed by atoms with Crippen LogP contribution in [0.5, 0.6) is 0 Å². The molecule has 0 spiro atoms. The van der Waals surface area contributed by atoms with E-state index in [0.717, 1.165) is 32.2 Å². The van der Waals surface area contributed by atoms with Crippen molar-refractivity contribution >= 4 is 21.7 Å². The number of aromatic nitrogens is 4. The van der Waals surface area contributed by atoms with Crippen molar-refractivity contribution in [1.82, 2.24) is 28.7 Å². The first-order valence-corrected chi connectivity index (χ1v) is 15.6. The number of alkyl halides is 3. The SMILES string of the molecule is Cc1nc(-c2nc(NC3CCN(S(C)(=O)=O)CC3)ncc2C(F)(F)F)cn1-c1ccc(N[C@@H]2CCCN(C)C2)cc1F. The summed E-state index contributed by atoms with van der Waals surface area (Å²) in [6.45, 7) is 4.02. The lowest BCUT2D eigenvalue weighted by Gasteiger charge is -2.31. The summed E-state index contributed by atoms with van der Waals surface area (Å²) in [5.74, 6) is -0.288. The van der Waals surface area contributed by atoms with Crippen molar-refractivity contribution in [2.75, 3.05) is 50.1 Å². The average molecular weight is 611 g/mol. The van der Waals surface area contributed by atoms with Gasteiger partial charge in [0.15, 0.2) is 0 Å². The van der Waals surface area contributed by atoms with Crippen LogP contribution in [-0.2, 0) is 16.2 Å². The number of hydrogen-bond acceptors (Lipinski definition) is 8. The lowest BCUT2D eigenvalue weighted by Crippen LogP contribution is -2.42. The van der Waals surface area contributed by atoms with Gasteiger partial charge in [0.25, 0.3) is 0 Å². The third-order valence-corrected chi connectivity index (χ3v) is 8.98. The van der Waals surface area contributed by atoms with Crippen LogP contribution in [0, 0.1) is 12.7 Å². The highest BCUT2D eigenvalue weighted by Gasteiger charge is 2.37. The van der Waals surface area contributed by atoms with Gasteiger partial charge in [0.05, 0.1) is 11.9 Å². The summed E-state index contributed by atoms with van der Waals surface area (Å²) in [4.78, 5) is 14.6. The number of nitrogens with zero attached hydrogens (tertiary/aromatic N) is 6. The Bertz CT molecular complexity index is 1540. The fourth-order valence-corrected chi connectivity index (χ4v) is 6.39. The predicted molar refractivity (Wildman–Crippen MR) is 151 cm³/mol. The molecule has 2 N–H and O–H groups in total.